The molecule has 0 saturated carbocycles. The number of hydrogen-bond acceptors (Lipinski definition) is 7. The topological polar surface area (TPSA) is 104 Å². The second-order valence-electron chi connectivity index (χ2n) is 11.6. The van der Waals surface area contributed by atoms with Crippen molar-refractivity contribution in [3.8, 4) is 0 Å². The summed E-state index contributed by atoms with van der Waals surface area (Å²) in [7, 11) is 0. The summed E-state index contributed by atoms with van der Waals surface area (Å²) in [5.74, 6) is -0.754. The normalized spacial score (nSPS) is 15.8. The van der Waals surface area contributed by atoms with Crippen molar-refractivity contribution >= 4 is 45.1 Å². The number of nitrogens with one attached hydrogen (secondary N) is 1. The second-order valence-corrected chi connectivity index (χ2v) is 11.6. The lowest BCUT2D eigenvalue weighted by atomic mass is 9.82. The number of allylic oxidation sites excluding steroid dienone is 1. The van der Waals surface area contributed by atoms with Crippen LogP contribution >= 0.6 is 0 Å². The lowest BCUT2D eigenvalue weighted by Crippen LogP contribution is -2.36. The zero-order chi connectivity index (χ0) is 29.9. The Bertz CT molecular complexity index is 1690. The van der Waals surface area contributed by atoms with Crippen LogP contribution in [0.1, 0.15) is 57.6 Å². The summed E-state index contributed by atoms with van der Waals surface area (Å²) in [5.41, 5.74) is 5.50. The van der Waals surface area contributed by atoms with E-state index >= 15 is 4.39 Å². The number of carbonyl (C=O) groups is 1. The maximum atomic E-state index is 15.5. The lowest BCUT2D eigenvalue weighted by molar-refractivity contribution is -0.136. The smallest absolute Gasteiger partial charge is 0.303 e. The van der Waals surface area contributed by atoms with Crippen molar-refractivity contribution in [3.05, 3.63) is 84.2 Å². The van der Waals surface area contributed by atoms with Crippen LogP contribution in [0.5, 0.6) is 0 Å². The number of carboxylic acids is 1. The number of piperidine rings is 1. The van der Waals surface area contributed by atoms with E-state index in [1.165, 1.54) is 12.4 Å². The zero-order valence-corrected chi connectivity index (χ0v) is 24.3. The Kier molecular flexibility index (Phi) is 8.38. The van der Waals surface area contributed by atoms with Gasteiger partial charge in [-0.3, -0.25) is 9.79 Å². The van der Waals surface area contributed by atoms with Crippen LogP contribution in [0, 0.1) is 11.2 Å². The average Bonchev–Trinajstić information content (AvgIpc) is 3.35. The molecule has 0 atom stereocenters. The number of para-hydroxylation sites is 1. The third-order valence-corrected chi connectivity index (χ3v) is 7.89. The zero-order valence-electron chi connectivity index (χ0n) is 24.3. The molecule has 0 spiro atoms. The van der Waals surface area contributed by atoms with E-state index in [0.717, 1.165) is 37.0 Å². The fraction of sp³-hybridized carbons (Fsp3) is 0.333. The predicted molar refractivity (Wildman–Crippen MR) is 165 cm³/mol. The third kappa shape index (κ3) is 6.51. The highest BCUT2D eigenvalue weighted by molar-refractivity contribution is 6.05. The second kappa shape index (κ2) is 12.1. The lowest BCUT2D eigenvalue weighted by Gasteiger charge is -2.39. The van der Waals surface area contributed by atoms with E-state index in [4.69, 9.17) is 9.52 Å². The minimum Gasteiger partial charge on any atom is -0.481 e. The van der Waals surface area contributed by atoms with Gasteiger partial charge in [0, 0.05) is 53.8 Å². The van der Waals surface area contributed by atoms with Gasteiger partial charge in [0.05, 0.1) is 6.42 Å². The van der Waals surface area contributed by atoms with E-state index in [-0.39, 0.29) is 24.2 Å². The van der Waals surface area contributed by atoms with E-state index in [9.17, 15) is 4.79 Å². The van der Waals surface area contributed by atoms with E-state index in [2.05, 4.69) is 45.6 Å². The molecule has 1 aliphatic heterocycles. The number of aromatic nitrogens is 2. The van der Waals surface area contributed by atoms with Gasteiger partial charge in [0.2, 0.25) is 0 Å². The summed E-state index contributed by atoms with van der Waals surface area (Å²) in [6.07, 6.45) is 5.55. The number of nitrogens with zero attached hydrogens (tertiary/aromatic N) is 4. The number of fused-ring (bicyclic) bond motifs is 3. The summed E-state index contributed by atoms with van der Waals surface area (Å²) < 4.78 is 21.5. The molecule has 42 heavy (non-hydrogen) atoms. The summed E-state index contributed by atoms with van der Waals surface area (Å²) in [4.78, 5) is 26.5. The molecule has 8 nitrogen and oxygen atoms in total. The minimum absolute atomic E-state index is 0.00363. The molecule has 0 amide bonds. The number of furan rings is 1. The number of rotatable bonds is 10. The van der Waals surface area contributed by atoms with E-state index in [1.54, 1.807) is 19.2 Å². The first-order chi connectivity index (χ1) is 20.1. The molecule has 4 aromatic rings. The van der Waals surface area contributed by atoms with Gasteiger partial charge in [-0.1, -0.05) is 44.7 Å². The van der Waals surface area contributed by atoms with Crippen molar-refractivity contribution in [2.45, 2.75) is 53.0 Å². The van der Waals surface area contributed by atoms with Gasteiger partial charge in [-0.2, -0.15) is 0 Å². The number of anilines is 1. The highest BCUT2D eigenvalue weighted by Gasteiger charge is 2.27. The first-order valence-corrected chi connectivity index (χ1v) is 14.2. The van der Waals surface area contributed by atoms with Crippen LogP contribution in [-0.4, -0.2) is 44.7 Å². The van der Waals surface area contributed by atoms with Crippen molar-refractivity contribution in [2.75, 3.05) is 18.4 Å². The van der Waals surface area contributed by atoms with Crippen molar-refractivity contribution < 1.29 is 18.7 Å². The van der Waals surface area contributed by atoms with Crippen molar-refractivity contribution in [2.24, 2.45) is 10.4 Å². The van der Waals surface area contributed by atoms with Crippen LogP contribution < -0.4 is 5.32 Å². The Morgan fingerprint density at radius 2 is 1.95 bits per heavy atom. The van der Waals surface area contributed by atoms with Crippen LogP contribution in [0.3, 0.4) is 0 Å². The van der Waals surface area contributed by atoms with E-state index < -0.39 is 5.97 Å². The van der Waals surface area contributed by atoms with Crippen molar-refractivity contribution in [1.82, 2.24) is 14.9 Å². The molecule has 9 heteroatoms. The van der Waals surface area contributed by atoms with Crippen LogP contribution in [0.4, 0.5) is 10.2 Å². The number of hydrogen-bond donors (Lipinski definition) is 2. The largest absolute Gasteiger partial charge is 0.481 e. The van der Waals surface area contributed by atoms with Crippen molar-refractivity contribution in [1.29, 1.82) is 0 Å². The van der Waals surface area contributed by atoms with Gasteiger partial charge >= 0.3 is 5.97 Å². The maximum absolute atomic E-state index is 15.5. The Morgan fingerprint density at radius 3 is 2.69 bits per heavy atom. The molecule has 2 aromatic heterocycles. The number of aliphatic carboxylic acids is 1. The van der Waals surface area contributed by atoms with Gasteiger partial charge in [-0.15, -0.1) is 0 Å². The number of halogens is 1. The van der Waals surface area contributed by atoms with E-state index in [0.29, 0.717) is 51.3 Å². The molecule has 2 N–H and O–H groups in total. The van der Waals surface area contributed by atoms with Crippen LogP contribution in [-0.2, 0) is 11.3 Å². The number of aliphatic imine (C=N–C) groups is 1. The molecular weight excluding hydrogens is 533 g/mol. The summed E-state index contributed by atoms with van der Waals surface area (Å²) in [6, 6.07) is 12.8. The van der Waals surface area contributed by atoms with Gasteiger partial charge in [0.25, 0.3) is 0 Å². The first-order valence-electron chi connectivity index (χ1n) is 14.2. The molecule has 1 aliphatic rings. The first kappa shape index (κ1) is 29.0. The standard InChI is InChI=1S/C33H36FN5O3/c1-21(9-12-29(40)41)35-19-26(22(2)39-15-13-33(3,4)14-16-39)23-10-11-24(27(34)17-23)18-36-32-31-30(37-20-38-32)25-7-5-6-8-28(25)42-31/h5-8,10-11,17,19-20H,2,9,12-16,18H2,1,3-4H3,(H,40,41)(H,36,37,38)/b26-19+,35-21-. The highest BCUT2D eigenvalue weighted by atomic mass is 19.1. The number of carboxylic acid groups (broad SMARTS) is 1. The average molecular weight is 570 g/mol. The van der Waals surface area contributed by atoms with Gasteiger partial charge < -0.3 is 19.7 Å². The maximum Gasteiger partial charge on any atom is 0.303 e. The van der Waals surface area contributed by atoms with Gasteiger partial charge in [0.15, 0.2) is 11.4 Å². The number of benzene rings is 2. The van der Waals surface area contributed by atoms with Crippen LogP contribution in [0.15, 0.2) is 76.7 Å². The monoisotopic (exact) mass is 569 g/mol. The molecule has 1 saturated heterocycles. The third-order valence-electron chi connectivity index (χ3n) is 7.89. The quantitative estimate of drug-likeness (QED) is 0.151. The van der Waals surface area contributed by atoms with E-state index in [1.807, 2.05) is 30.3 Å². The minimum atomic E-state index is -0.872. The molecule has 5 rings (SSSR count). The molecule has 0 unspecified atom stereocenters. The Balaban J connectivity index is 1.39. The summed E-state index contributed by atoms with van der Waals surface area (Å²) in [6.45, 7) is 12.6. The van der Waals surface area contributed by atoms with Gasteiger partial charge in [-0.25, -0.2) is 14.4 Å². The fourth-order valence-electron chi connectivity index (χ4n) is 5.08. The fourth-order valence-corrected chi connectivity index (χ4v) is 5.08. The Labute approximate surface area is 244 Å². The molecule has 1 fully saturated rings. The van der Waals surface area contributed by atoms with Gasteiger partial charge in [0.1, 0.15) is 23.2 Å². The molecule has 0 aliphatic carbocycles. The van der Waals surface area contributed by atoms with Crippen molar-refractivity contribution in [3.63, 3.8) is 0 Å². The highest BCUT2D eigenvalue weighted by Crippen LogP contribution is 2.35. The predicted octanol–water partition coefficient (Wildman–Crippen LogP) is 7.43. The SMILES string of the molecule is C=C(/C(=C\N=C(\C)CCC(=O)O)c1ccc(CNc2ncnc3c2oc2ccccc23)c(F)c1)N1CCC(C)(C)CC1. The molecule has 0 radical (unpaired) electrons. The summed E-state index contributed by atoms with van der Waals surface area (Å²) >= 11 is 0. The molecule has 218 valence electrons. The van der Waals surface area contributed by atoms with Crippen LogP contribution in [0.2, 0.25) is 0 Å². The molecule has 0 bridgehead atoms. The molecule has 3 heterocycles. The number of likely N-dealkylation sites (tertiary alicyclic amines) is 1. The van der Waals surface area contributed by atoms with Gasteiger partial charge in [-0.05, 0) is 55.4 Å². The molecular formula is C33H36FN5O3. The molecule has 2 aromatic carbocycles. The Morgan fingerprint density at radius 1 is 1.19 bits per heavy atom. The summed E-state index contributed by atoms with van der Waals surface area (Å²) in [5, 5.41) is 13.1. The van der Waals surface area contributed by atoms with Crippen LogP contribution in [0.25, 0.3) is 27.6 Å². The Hall–Kier alpha value is -4.53.